The average molecular weight is 652 g/mol. The number of hydrogen-bond donors (Lipinski definition) is 0. The molecule has 0 amide bonds. The lowest BCUT2D eigenvalue weighted by atomic mass is 9.96. The van der Waals surface area contributed by atoms with Crippen molar-refractivity contribution in [1.29, 1.82) is 0 Å². The number of aromatic nitrogens is 3. The van der Waals surface area contributed by atoms with E-state index >= 15 is 0 Å². The van der Waals surface area contributed by atoms with Gasteiger partial charge in [-0.25, -0.2) is 15.0 Å². The van der Waals surface area contributed by atoms with Crippen molar-refractivity contribution in [3.05, 3.63) is 176 Å². The first-order chi connectivity index (χ1) is 25.2. The van der Waals surface area contributed by atoms with Gasteiger partial charge < -0.3 is 4.42 Å². The number of furan rings is 1. The zero-order valence-corrected chi connectivity index (χ0v) is 27.5. The van der Waals surface area contributed by atoms with Crippen molar-refractivity contribution in [2.45, 2.75) is 0 Å². The summed E-state index contributed by atoms with van der Waals surface area (Å²) in [6.45, 7) is 0. The quantitative estimate of drug-likeness (QED) is 0.186. The number of para-hydroxylation sites is 1. The molecule has 8 aromatic carbocycles. The van der Waals surface area contributed by atoms with Gasteiger partial charge in [-0.15, -0.1) is 0 Å². The van der Waals surface area contributed by atoms with E-state index < -0.39 is 0 Å². The predicted octanol–water partition coefficient (Wildman–Crippen LogP) is 12.4. The molecule has 4 nitrogen and oxygen atoms in total. The standard InChI is InChI=1S/C47H29N3O/c1-2-10-30(11-3-1)33-18-22-34(23-19-33)45-48-46(38-25-21-32-13-5-7-15-36(32)27-38)50-47(49-45)41-28-39(37-24-20-31-12-4-6-14-35(31)26-37)29-43-44(41)40-16-8-9-17-42(40)51-43/h1-29H. The van der Waals surface area contributed by atoms with Crippen molar-refractivity contribution >= 4 is 43.5 Å². The summed E-state index contributed by atoms with van der Waals surface area (Å²) in [5.41, 5.74) is 8.78. The van der Waals surface area contributed by atoms with Crippen LogP contribution in [-0.2, 0) is 0 Å². The number of fused-ring (bicyclic) bond motifs is 5. The number of hydrogen-bond acceptors (Lipinski definition) is 4. The van der Waals surface area contributed by atoms with Crippen LogP contribution in [0.5, 0.6) is 0 Å². The molecule has 0 saturated carbocycles. The summed E-state index contributed by atoms with van der Waals surface area (Å²) in [7, 11) is 0. The molecule has 2 heterocycles. The molecule has 0 N–H and O–H groups in total. The minimum atomic E-state index is 0.592. The van der Waals surface area contributed by atoms with Crippen molar-refractivity contribution < 1.29 is 4.42 Å². The third-order valence-corrected chi connectivity index (χ3v) is 9.70. The molecule has 2 aromatic heterocycles. The van der Waals surface area contributed by atoms with Crippen molar-refractivity contribution in [3.63, 3.8) is 0 Å². The molecular weight excluding hydrogens is 623 g/mol. The van der Waals surface area contributed by atoms with Gasteiger partial charge >= 0.3 is 0 Å². The molecular formula is C47H29N3O. The van der Waals surface area contributed by atoms with Crippen LogP contribution >= 0.6 is 0 Å². The minimum absolute atomic E-state index is 0.592. The highest BCUT2D eigenvalue weighted by atomic mass is 16.3. The summed E-state index contributed by atoms with van der Waals surface area (Å²) < 4.78 is 6.53. The lowest BCUT2D eigenvalue weighted by Gasteiger charge is -2.12. The van der Waals surface area contributed by atoms with Crippen molar-refractivity contribution in [2.75, 3.05) is 0 Å². The fraction of sp³-hybridized carbons (Fsp3) is 0. The zero-order chi connectivity index (χ0) is 33.7. The first kappa shape index (κ1) is 29.0. The largest absolute Gasteiger partial charge is 0.456 e. The van der Waals surface area contributed by atoms with E-state index in [9.17, 15) is 0 Å². The maximum atomic E-state index is 6.53. The molecule has 0 atom stereocenters. The number of nitrogens with zero attached hydrogens (tertiary/aromatic N) is 3. The van der Waals surface area contributed by atoms with Gasteiger partial charge in [0.1, 0.15) is 11.2 Å². The van der Waals surface area contributed by atoms with Gasteiger partial charge in [-0.3, -0.25) is 0 Å². The summed E-state index contributed by atoms with van der Waals surface area (Å²) in [6.07, 6.45) is 0. The second-order valence-corrected chi connectivity index (χ2v) is 12.9. The van der Waals surface area contributed by atoms with Gasteiger partial charge in [-0.2, -0.15) is 0 Å². The van der Waals surface area contributed by atoms with E-state index in [1.165, 1.54) is 16.2 Å². The smallest absolute Gasteiger partial charge is 0.164 e. The molecule has 10 aromatic rings. The van der Waals surface area contributed by atoms with E-state index in [1.54, 1.807) is 0 Å². The first-order valence-electron chi connectivity index (χ1n) is 17.1. The Bertz CT molecular complexity index is 2910. The SMILES string of the molecule is c1ccc(-c2ccc(-c3nc(-c4ccc5ccccc5c4)nc(-c4cc(-c5ccc6ccccc6c5)cc5oc6ccccc6c45)n3)cc2)cc1. The Hall–Kier alpha value is -6.91. The van der Waals surface area contributed by atoms with Gasteiger partial charge in [0.15, 0.2) is 17.5 Å². The van der Waals surface area contributed by atoms with Gasteiger partial charge in [0, 0.05) is 27.5 Å². The Kier molecular flexibility index (Phi) is 6.78. The van der Waals surface area contributed by atoms with Crippen molar-refractivity contribution in [2.24, 2.45) is 0 Å². The molecule has 0 bridgehead atoms. The average Bonchev–Trinajstić information content (AvgIpc) is 3.59. The molecule has 0 unspecified atom stereocenters. The monoisotopic (exact) mass is 651 g/mol. The Balaban J connectivity index is 1.22. The van der Waals surface area contributed by atoms with Crippen LogP contribution in [0.3, 0.4) is 0 Å². The maximum Gasteiger partial charge on any atom is 0.164 e. The van der Waals surface area contributed by atoms with Crippen molar-refractivity contribution in [3.8, 4) is 56.4 Å². The Morgan fingerprint density at radius 1 is 0.314 bits per heavy atom. The Labute approximate surface area is 294 Å². The highest BCUT2D eigenvalue weighted by Crippen LogP contribution is 2.40. The summed E-state index contributed by atoms with van der Waals surface area (Å²) in [5.74, 6) is 1.82. The van der Waals surface area contributed by atoms with Gasteiger partial charge in [-0.1, -0.05) is 146 Å². The van der Waals surface area contributed by atoms with Gasteiger partial charge in [0.25, 0.3) is 0 Å². The number of benzene rings is 8. The van der Waals surface area contributed by atoms with Crippen LogP contribution in [0.4, 0.5) is 0 Å². The molecule has 0 fully saturated rings. The van der Waals surface area contributed by atoms with Gasteiger partial charge in [0.05, 0.1) is 0 Å². The second kappa shape index (κ2) is 11.9. The lowest BCUT2D eigenvalue weighted by molar-refractivity contribution is 0.669. The van der Waals surface area contributed by atoms with E-state index in [1.807, 2.05) is 24.3 Å². The molecule has 0 aliphatic rings. The highest BCUT2D eigenvalue weighted by Gasteiger charge is 2.20. The Morgan fingerprint density at radius 2 is 0.843 bits per heavy atom. The van der Waals surface area contributed by atoms with Crippen LogP contribution in [0.15, 0.2) is 180 Å². The van der Waals surface area contributed by atoms with Crippen LogP contribution < -0.4 is 0 Å². The van der Waals surface area contributed by atoms with Crippen molar-refractivity contribution in [1.82, 2.24) is 15.0 Å². The van der Waals surface area contributed by atoms with Gasteiger partial charge in [-0.05, 0) is 74.1 Å². The fourth-order valence-corrected chi connectivity index (χ4v) is 7.09. The van der Waals surface area contributed by atoms with Gasteiger partial charge in [0.2, 0.25) is 0 Å². The molecule has 4 heteroatoms. The summed E-state index contributed by atoms with van der Waals surface area (Å²) >= 11 is 0. The van der Waals surface area contributed by atoms with Crippen LogP contribution in [0.2, 0.25) is 0 Å². The zero-order valence-electron chi connectivity index (χ0n) is 27.5. The van der Waals surface area contributed by atoms with E-state index in [0.29, 0.717) is 17.5 Å². The molecule has 10 rings (SSSR count). The summed E-state index contributed by atoms with van der Waals surface area (Å²) in [6, 6.07) is 61.1. The highest BCUT2D eigenvalue weighted by molar-refractivity contribution is 6.13. The van der Waals surface area contributed by atoms with Crippen LogP contribution in [-0.4, -0.2) is 15.0 Å². The van der Waals surface area contributed by atoms with Crippen LogP contribution in [0, 0.1) is 0 Å². The third kappa shape index (κ3) is 5.22. The molecule has 0 saturated heterocycles. The molecule has 0 aliphatic heterocycles. The number of rotatable bonds is 5. The minimum Gasteiger partial charge on any atom is -0.456 e. The molecule has 0 radical (unpaired) electrons. The fourth-order valence-electron chi connectivity index (χ4n) is 7.09. The Morgan fingerprint density at radius 3 is 1.59 bits per heavy atom. The molecule has 0 spiro atoms. The van der Waals surface area contributed by atoms with Crippen LogP contribution in [0.1, 0.15) is 0 Å². The predicted molar refractivity (Wildman–Crippen MR) is 209 cm³/mol. The topological polar surface area (TPSA) is 51.8 Å². The summed E-state index contributed by atoms with van der Waals surface area (Å²) in [4.78, 5) is 15.6. The third-order valence-electron chi connectivity index (χ3n) is 9.70. The normalized spacial score (nSPS) is 11.5. The molecule has 238 valence electrons. The molecule has 51 heavy (non-hydrogen) atoms. The second-order valence-electron chi connectivity index (χ2n) is 12.9. The van der Waals surface area contributed by atoms with E-state index in [0.717, 1.165) is 66.3 Å². The lowest BCUT2D eigenvalue weighted by Crippen LogP contribution is -2.01. The summed E-state index contributed by atoms with van der Waals surface area (Å²) in [5, 5.41) is 6.69. The first-order valence-corrected chi connectivity index (χ1v) is 17.1. The van der Waals surface area contributed by atoms with Crippen LogP contribution in [0.25, 0.3) is 99.9 Å². The van der Waals surface area contributed by atoms with E-state index in [-0.39, 0.29) is 0 Å². The molecule has 0 aliphatic carbocycles. The van der Waals surface area contributed by atoms with E-state index in [4.69, 9.17) is 19.4 Å². The van der Waals surface area contributed by atoms with E-state index in [2.05, 4.69) is 152 Å². The maximum absolute atomic E-state index is 6.53.